The second kappa shape index (κ2) is 8.31. The van der Waals surface area contributed by atoms with Crippen molar-refractivity contribution in [2.75, 3.05) is 24.0 Å². The first-order valence-corrected chi connectivity index (χ1v) is 9.75. The monoisotopic (exact) mass is 400 g/mol. The first-order valence-electron chi connectivity index (χ1n) is 8.87. The van der Waals surface area contributed by atoms with Crippen LogP contribution in [0.25, 0.3) is 5.82 Å². The number of nitrogens with zero attached hydrogens (tertiary/aromatic N) is 5. The van der Waals surface area contributed by atoms with Gasteiger partial charge in [-0.25, -0.2) is 15.0 Å². The van der Waals surface area contributed by atoms with Crippen LogP contribution < -0.4 is 16.2 Å². The number of carbonyl (C=O) groups excluding carboxylic acids is 1. The molecule has 146 valence electrons. The van der Waals surface area contributed by atoms with Crippen molar-refractivity contribution < 1.29 is 9.53 Å². The van der Waals surface area contributed by atoms with E-state index >= 15 is 0 Å². The number of carbonyl (C=O) groups is 1. The molecule has 0 unspecified atom stereocenters. The van der Waals surface area contributed by atoms with Crippen LogP contribution in [0.2, 0.25) is 0 Å². The molecule has 0 bridgehead atoms. The summed E-state index contributed by atoms with van der Waals surface area (Å²) in [6.45, 7) is 3.40. The molecule has 0 aliphatic carbocycles. The molecule has 1 aliphatic rings. The largest absolute Gasteiger partial charge is 0.381 e. The molecule has 0 atom stereocenters. The van der Waals surface area contributed by atoms with Crippen LogP contribution in [0.15, 0.2) is 30.3 Å². The molecule has 0 saturated carbocycles. The van der Waals surface area contributed by atoms with Crippen LogP contribution in [0.3, 0.4) is 0 Å². The normalized spacial score (nSPS) is 14.6. The molecule has 28 heavy (non-hydrogen) atoms. The van der Waals surface area contributed by atoms with Gasteiger partial charge in [0.2, 0.25) is 11.1 Å². The molecule has 4 rings (SSSR count). The van der Waals surface area contributed by atoms with Crippen molar-refractivity contribution in [3.05, 3.63) is 41.6 Å². The number of hydrogen-bond acceptors (Lipinski definition) is 9. The molecule has 0 spiro atoms. The Kier molecular flexibility index (Phi) is 5.44. The summed E-state index contributed by atoms with van der Waals surface area (Å²) in [5.41, 5.74) is 6.47. The fraction of sp³-hybridized carbons (Fsp3) is 0.353. The second-order valence-electron chi connectivity index (χ2n) is 6.31. The lowest BCUT2D eigenvalue weighted by atomic mass is 10.1. The Bertz CT molecular complexity index is 937. The highest BCUT2D eigenvalue weighted by atomic mass is 32.1. The third-order valence-corrected chi connectivity index (χ3v) is 4.96. The van der Waals surface area contributed by atoms with E-state index in [1.165, 1.54) is 11.3 Å². The Hall–Kier alpha value is -3.05. The third kappa shape index (κ3) is 4.26. The lowest BCUT2D eigenvalue weighted by Crippen LogP contribution is -2.29. The summed E-state index contributed by atoms with van der Waals surface area (Å²) in [5, 5.41) is 5.77. The molecule has 10 nitrogen and oxygen atoms in total. The Labute approximate surface area is 165 Å². The molecule has 1 fully saturated rings. The van der Waals surface area contributed by atoms with Gasteiger partial charge >= 0.3 is 0 Å². The molecule has 1 aliphatic heterocycles. The van der Waals surface area contributed by atoms with Crippen LogP contribution in [0.5, 0.6) is 0 Å². The number of hydrogen-bond donors (Lipinski definition) is 3. The van der Waals surface area contributed by atoms with Crippen molar-refractivity contribution in [1.82, 2.24) is 29.9 Å². The smallest absolute Gasteiger partial charge is 0.289 e. The van der Waals surface area contributed by atoms with E-state index in [0.717, 1.165) is 31.6 Å². The number of anilines is 2. The zero-order valence-electron chi connectivity index (χ0n) is 15.3. The van der Waals surface area contributed by atoms with E-state index in [1.807, 2.05) is 12.3 Å². The molecule has 3 N–H and O–H groups in total. The van der Waals surface area contributed by atoms with Crippen LogP contribution in [0.1, 0.15) is 28.9 Å². The van der Waals surface area contributed by atoms with E-state index in [2.05, 4.69) is 36.1 Å². The molecule has 3 aromatic heterocycles. The van der Waals surface area contributed by atoms with Crippen molar-refractivity contribution in [2.45, 2.75) is 25.8 Å². The van der Waals surface area contributed by atoms with Gasteiger partial charge in [-0.2, -0.15) is 4.98 Å². The summed E-state index contributed by atoms with van der Waals surface area (Å²) < 4.78 is 7.09. The van der Waals surface area contributed by atoms with Crippen LogP contribution in [0, 0.1) is 6.92 Å². The summed E-state index contributed by atoms with van der Waals surface area (Å²) in [7, 11) is 0. The zero-order valence-corrected chi connectivity index (χ0v) is 16.1. The third-order valence-electron chi connectivity index (χ3n) is 4.27. The van der Waals surface area contributed by atoms with Gasteiger partial charge in [-0.1, -0.05) is 0 Å². The topological polar surface area (TPSA) is 119 Å². The summed E-state index contributed by atoms with van der Waals surface area (Å²) in [6, 6.07) is 0.297. The van der Waals surface area contributed by atoms with Gasteiger partial charge in [0.05, 0.1) is 0 Å². The van der Waals surface area contributed by atoms with Gasteiger partial charge in [0, 0.05) is 48.8 Å². The van der Waals surface area contributed by atoms with E-state index < -0.39 is 0 Å². The quantitative estimate of drug-likeness (QED) is 0.536. The molecule has 0 radical (unpaired) electrons. The summed E-state index contributed by atoms with van der Waals surface area (Å²) in [6.07, 6.45) is 8.45. The van der Waals surface area contributed by atoms with E-state index in [9.17, 15) is 4.79 Å². The minimum absolute atomic E-state index is 0.265. The predicted molar refractivity (Wildman–Crippen MR) is 105 cm³/mol. The average molecular weight is 400 g/mol. The average Bonchev–Trinajstić information content (AvgIpc) is 3.41. The van der Waals surface area contributed by atoms with Gasteiger partial charge in [-0.05, 0) is 19.8 Å². The molecule has 1 saturated heterocycles. The maximum atomic E-state index is 12.3. The van der Waals surface area contributed by atoms with Gasteiger partial charge in [0.1, 0.15) is 17.8 Å². The van der Waals surface area contributed by atoms with E-state index in [0.29, 0.717) is 22.9 Å². The lowest BCUT2D eigenvalue weighted by Gasteiger charge is -2.23. The Morgan fingerprint density at radius 3 is 2.93 bits per heavy atom. The van der Waals surface area contributed by atoms with Gasteiger partial charge in [0.15, 0.2) is 0 Å². The number of aryl methyl sites for hydroxylation is 1. The highest BCUT2D eigenvalue weighted by molar-refractivity contribution is 7.13. The minimum Gasteiger partial charge on any atom is -0.381 e. The van der Waals surface area contributed by atoms with Crippen LogP contribution in [-0.4, -0.2) is 49.7 Å². The molecular formula is C17H20N8O2S. The molecule has 1 amide bonds. The van der Waals surface area contributed by atoms with Gasteiger partial charge in [-0.15, -0.1) is 11.3 Å². The number of thiazole rings is 1. The van der Waals surface area contributed by atoms with Crippen LogP contribution >= 0.6 is 11.3 Å². The number of imidazole rings is 1. The van der Waals surface area contributed by atoms with Crippen LogP contribution in [-0.2, 0) is 4.74 Å². The molecule has 0 aromatic carbocycles. The highest BCUT2D eigenvalue weighted by Crippen LogP contribution is 2.16. The van der Waals surface area contributed by atoms with Gasteiger partial charge < -0.3 is 10.1 Å². The van der Waals surface area contributed by atoms with E-state index in [1.54, 1.807) is 29.5 Å². The Morgan fingerprint density at radius 1 is 1.29 bits per heavy atom. The number of ether oxygens (including phenoxy) is 1. The van der Waals surface area contributed by atoms with Crippen molar-refractivity contribution in [1.29, 1.82) is 0 Å². The summed E-state index contributed by atoms with van der Waals surface area (Å²) in [4.78, 5) is 29.5. The standard InChI is InChI=1S/C17H20N8O2S/c1-11-8-19-16(21-12-2-5-27-6-3-12)22-14(11)25-9-13(20-10-25)15(26)23-24-17-18-4-7-28-17/h4,7-10,12H,2-3,5-6H2,1H3,(H,18,24)(H,23,26)(H,19,21,22). The minimum atomic E-state index is -0.360. The molecule has 4 heterocycles. The van der Waals surface area contributed by atoms with Gasteiger partial charge in [0.25, 0.3) is 5.91 Å². The van der Waals surface area contributed by atoms with Crippen LogP contribution in [0.4, 0.5) is 11.1 Å². The first kappa shape index (κ1) is 18.3. The summed E-state index contributed by atoms with van der Waals surface area (Å²) >= 11 is 1.39. The van der Waals surface area contributed by atoms with Crippen molar-refractivity contribution in [2.24, 2.45) is 0 Å². The number of rotatable bonds is 6. The zero-order chi connectivity index (χ0) is 19.3. The first-order chi connectivity index (χ1) is 13.7. The van der Waals surface area contributed by atoms with E-state index in [-0.39, 0.29) is 11.6 Å². The summed E-state index contributed by atoms with van der Waals surface area (Å²) in [5.74, 6) is 0.864. The SMILES string of the molecule is Cc1cnc(NC2CCOCC2)nc1-n1cnc(C(=O)NNc2nccs2)c1. The number of aromatic nitrogens is 5. The second-order valence-corrected chi connectivity index (χ2v) is 7.21. The Balaban J connectivity index is 1.46. The predicted octanol–water partition coefficient (Wildman–Crippen LogP) is 1.78. The fourth-order valence-corrected chi connectivity index (χ4v) is 3.29. The highest BCUT2D eigenvalue weighted by Gasteiger charge is 2.16. The maximum Gasteiger partial charge on any atom is 0.289 e. The lowest BCUT2D eigenvalue weighted by molar-refractivity contribution is 0.0903. The molecule has 11 heteroatoms. The number of nitrogens with one attached hydrogen (secondary N) is 3. The van der Waals surface area contributed by atoms with E-state index in [4.69, 9.17) is 4.74 Å². The molecule has 3 aromatic rings. The number of hydrazine groups is 1. The molecular weight excluding hydrogens is 380 g/mol. The fourth-order valence-electron chi connectivity index (χ4n) is 2.80. The van der Waals surface area contributed by atoms with Crippen molar-refractivity contribution >= 4 is 28.3 Å². The van der Waals surface area contributed by atoms with Gasteiger partial charge in [-0.3, -0.25) is 20.2 Å². The van der Waals surface area contributed by atoms with Crippen molar-refractivity contribution in [3.63, 3.8) is 0 Å². The Morgan fingerprint density at radius 2 is 2.14 bits per heavy atom. The van der Waals surface area contributed by atoms with Crippen molar-refractivity contribution in [3.8, 4) is 5.82 Å². The number of amides is 1. The maximum absolute atomic E-state index is 12.3.